The maximum atomic E-state index is 15.0. The fourth-order valence-corrected chi connectivity index (χ4v) is 11.3. The number of alkyl halides is 1. The molecule has 0 radical (unpaired) electrons. The van der Waals surface area contributed by atoms with Crippen molar-refractivity contribution in [1.29, 1.82) is 0 Å². The van der Waals surface area contributed by atoms with Crippen molar-refractivity contribution in [1.82, 2.24) is 0 Å². The lowest BCUT2D eigenvalue weighted by molar-refractivity contribution is -0.255. The second kappa shape index (κ2) is 9.76. The number of hydrogen-bond acceptors (Lipinski definition) is 4. The Balaban J connectivity index is 1.33. The molecule has 4 nitrogen and oxygen atoms in total. The van der Waals surface area contributed by atoms with Crippen LogP contribution in [0.4, 0.5) is 0 Å². The van der Waals surface area contributed by atoms with Crippen molar-refractivity contribution in [3.63, 3.8) is 0 Å². The smallest absolute Gasteiger partial charge is 0.141 e. The highest BCUT2D eigenvalue weighted by atomic mass is 79.9. The maximum Gasteiger partial charge on any atom is 0.141 e. The van der Waals surface area contributed by atoms with Crippen LogP contribution >= 0.6 is 15.9 Å². The summed E-state index contributed by atoms with van der Waals surface area (Å²) in [6, 6.07) is 20.9. The molecule has 5 aliphatic rings. The van der Waals surface area contributed by atoms with Gasteiger partial charge in [-0.15, -0.1) is 0 Å². The standard InChI is InChI=1S/C35H43BrO4/c1-32(2)16-15-27(39-20-24-12-8-5-9-13-24)35(22-38-19-23-10-6-4-7-11-23)26-14-17-33(3)21-34(26,31-30(33)40-31)25(18-36)28(37)29(32)35/h4-13,25-27,29-31H,14-22H2,1-3H3/t25-,26-,27-,29-,30?,31-,33+,34-,35-/m1/s1. The molecule has 2 aromatic carbocycles. The third kappa shape index (κ3) is 3.90. The Labute approximate surface area is 247 Å². The van der Waals surface area contributed by atoms with Gasteiger partial charge in [0.1, 0.15) is 5.78 Å². The Morgan fingerprint density at radius 1 is 0.900 bits per heavy atom. The van der Waals surface area contributed by atoms with Gasteiger partial charge in [0.2, 0.25) is 0 Å². The second-order valence-electron chi connectivity index (χ2n) is 14.5. The van der Waals surface area contributed by atoms with E-state index in [0.717, 1.165) is 32.1 Å². The lowest BCUT2D eigenvalue weighted by Gasteiger charge is -2.68. The first-order valence-electron chi connectivity index (χ1n) is 15.3. The summed E-state index contributed by atoms with van der Waals surface area (Å²) in [6.45, 7) is 8.74. The van der Waals surface area contributed by atoms with E-state index in [4.69, 9.17) is 14.2 Å². The third-order valence-corrected chi connectivity index (χ3v) is 12.5. The summed E-state index contributed by atoms with van der Waals surface area (Å²) in [5.74, 6) is 0.626. The number of rotatable bonds is 8. The number of carbonyl (C=O) groups is 1. The van der Waals surface area contributed by atoms with Crippen molar-refractivity contribution in [2.45, 2.75) is 84.4 Å². The number of fused-ring (bicyclic) bond motifs is 5. The average molecular weight is 608 g/mol. The van der Waals surface area contributed by atoms with Crippen LogP contribution in [0.25, 0.3) is 0 Å². The second-order valence-corrected chi connectivity index (χ2v) is 15.1. The fourth-order valence-electron chi connectivity index (χ4n) is 10.4. The van der Waals surface area contributed by atoms with Crippen LogP contribution in [0.3, 0.4) is 0 Å². The van der Waals surface area contributed by atoms with Gasteiger partial charge in [-0.25, -0.2) is 0 Å². The summed E-state index contributed by atoms with van der Waals surface area (Å²) >= 11 is 3.86. The minimum absolute atomic E-state index is 0.0194. The molecule has 2 aromatic rings. The molecule has 5 heteroatoms. The van der Waals surface area contributed by atoms with Gasteiger partial charge < -0.3 is 14.2 Å². The van der Waals surface area contributed by atoms with Crippen LogP contribution in [0.2, 0.25) is 0 Å². The Hall–Kier alpha value is -1.53. The van der Waals surface area contributed by atoms with E-state index in [1.807, 2.05) is 6.07 Å². The minimum atomic E-state index is -0.386. The molecule has 5 fully saturated rings. The van der Waals surface area contributed by atoms with Crippen molar-refractivity contribution in [2.75, 3.05) is 11.9 Å². The Bertz CT molecular complexity index is 1250. The molecule has 214 valence electrons. The lowest BCUT2D eigenvalue weighted by atomic mass is 9.36. The minimum Gasteiger partial charge on any atom is -0.376 e. The van der Waals surface area contributed by atoms with E-state index in [1.54, 1.807) is 0 Å². The molecular weight excluding hydrogens is 564 g/mol. The molecule has 1 heterocycles. The van der Waals surface area contributed by atoms with Crippen molar-refractivity contribution < 1.29 is 19.0 Å². The molecule has 40 heavy (non-hydrogen) atoms. The van der Waals surface area contributed by atoms with Gasteiger partial charge in [0, 0.05) is 28.0 Å². The zero-order valence-corrected chi connectivity index (χ0v) is 25.7. The van der Waals surface area contributed by atoms with Gasteiger partial charge >= 0.3 is 0 Å². The predicted molar refractivity (Wildman–Crippen MR) is 159 cm³/mol. The van der Waals surface area contributed by atoms with Crippen LogP contribution in [-0.4, -0.2) is 36.0 Å². The molecule has 1 saturated heterocycles. The predicted octanol–water partition coefficient (Wildman–Crippen LogP) is 7.38. The highest BCUT2D eigenvalue weighted by Crippen LogP contribution is 2.79. The number of hydrogen-bond donors (Lipinski definition) is 0. The normalized spacial score (nSPS) is 42.5. The monoisotopic (exact) mass is 606 g/mol. The van der Waals surface area contributed by atoms with Crippen molar-refractivity contribution >= 4 is 21.7 Å². The summed E-state index contributed by atoms with van der Waals surface area (Å²) in [4.78, 5) is 15.0. The van der Waals surface area contributed by atoms with Crippen LogP contribution in [0.15, 0.2) is 60.7 Å². The first kappa shape index (κ1) is 27.3. The topological polar surface area (TPSA) is 48.1 Å². The molecule has 0 amide bonds. The molecule has 1 unspecified atom stereocenters. The van der Waals surface area contributed by atoms with Crippen LogP contribution in [0, 0.1) is 39.4 Å². The average Bonchev–Trinajstić information content (AvgIpc) is 3.73. The van der Waals surface area contributed by atoms with Gasteiger partial charge in [-0.1, -0.05) is 97.4 Å². The number of Topliss-reactive ketones (excluding diaryl/α,β-unsaturated/α-hetero) is 1. The van der Waals surface area contributed by atoms with Gasteiger partial charge in [-0.05, 0) is 60.0 Å². The zero-order valence-electron chi connectivity index (χ0n) is 24.1. The number of epoxide rings is 1. The van der Waals surface area contributed by atoms with Crippen LogP contribution in [-0.2, 0) is 32.2 Å². The molecule has 7 rings (SSSR count). The van der Waals surface area contributed by atoms with Crippen molar-refractivity contribution in [3.8, 4) is 0 Å². The fraction of sp³-hybridized carbons (Fsp3) is 0.629. The number of ketones is 1. The van der Waals surface area contributed by atoms with Gasteiger partial charge in [0.05, 0.1) is 38.1 Å². The highest BCUT2D eigenvalue weighted by Gasteiger charge is 2.82. The molecule has 1 aliphatic heterocycles. The molecule has 1 spiro atoms. The summed E-state index contributed by atoms with van der Waals surface area (Å²) in [5.41, 5.74) is 1.87. The van der Waals surface area contributed by atoms with E-state index in [-0.39, 0.29) is 45.7 Å². The maximum absolute atomic E-state index is 15.0. The molecular formula is C35H43BrO4. The van der Waals surface area contributed by atoms with Gasteiger partial charge in [-0.3, -0.25) is 4.79 Å². The van der Waals surface area contributed by atoms with E-state index in [2.05, 4.69) is 91.3 Å². The van der Waals surface area contributed by atoms with Gasteiger partial charge in [0.15, 0.2) is 0 Å². The largest absolute Gasteiger partial charge is 0.376 e. The number of carbonyl (C=O) groups excluding carboxylic acids is 1. The van der Waals surface area contributed by atoms with Crippen LogP contribution in [0.5, 0.6) is 0 Å². The third-order valence-electron chi connectivity index (χ3n) is 11.9. The number of ether oxygens (including phenoxy) is 3. The summed E-state index contributed by atoms with van der Waals surface area (Å²) in [5, 5.41) is 0.716. The molecule has 0 N–H and O–H groups in total. The summed E-state index contributed by atoms with van der Waals surface area (Å²) < 4.78 is 20.3. The quantitative estimate of drug-likeness (QED) is 0.232. The van der Waals surface area contributed by atoms with Crippen LogP contribution < -0.4 is 0 Å². The Morgan fingerprint density at radius 2 is 1.57 bits per heavy atom. The molecule has 9 atom stereocenters. The number of benzene rings is 2. The van der Waals surface area contributed by atoms with Gasteiger partial charge in [-0.2, -0.15) is 0 Å². The zero-order chi connectivity index (χ0) is 27.8. The Kier molecular flexibility index (Phi) is 6.66. The number of halogens is 1. The van der Waals surface area contributed by atoms with Gasteiger partial charge in [0.25, 0.3) is 0 Å². The highest BCUT2D eigenvalue weighted by molar-refractivity contribution is 9.09. The first-order valence-corrected chi connectivity index (χ1v) is 16.4. The summed E-state index contributed by atoms with van der Waals surface area (Å²) in [6.07, 6.45) is 5.74. The molecule has 4 aliphatic carbocycles. The Morgan fingerprint density at radius 3 is 2.25 bits per heavy atom. The van der Waals surface area contributed by atoms with Crippen LogP contribution in [0.1, 0.15) is 64.0 Å². The van der Waals surface area contributed by atoms with E-state index >= 15 is 0 Å². The van der Waals surface area contributed by atoms with E-state index < -0.39 is 0 Å². The SMILES string of the molecule is CC1(C)CC[C@@H](OCc2ccccc2)[C@@]2(COCc3ccccc3)[C@@H]3CC[C@@]4(C)C[C@]3([C@H](CBr)C(=O)[C@H]12)[C@@H]1OC14. The first-order chi connectivity index (χ1) is 19.3. The lowest BCUT2D eigenvalue weighted by Crippen LogP contribution is -2.72. The van der Waals surface area contributed by atoms with Crippen molar-refractivity contribution in [2.24, 2.45) is 39.4 Å². The molecule has 2 bridgehead atoms. The van der Waals surface area contributed by atoms with E-state index in [1.165, 1.54) is 11.1 Å². The molecule has 4 saturated carbocycles. The molecule has 0 aromatic heterocycles. The van der Waals surface area contributed by atoms with Crippen molar-refractivity contribution in [3.05, 3.63) is 71.8 Å². The summed E-state index contributed by atoms with van der Waals surface area (Å²) in [7, 11) is 0. The van der Waals surface area contributed by atoms with E-state index in [9.17, 15) is 4.79 Å². The van der Waals surface area contributed by atoms with E-state index in [0.29, 0.717) is 43.0 Å².